The summed E-state index contributed by atoms with van der Waals surface area (Å²) in [6, 6.07) is 7.00. The zero-order valence-corrected chi connectivity index (χ0v) is 15.4. The molecule has 7 nitrogen and oxygen atoms in total. The van der Waals surface area contributed by atoms with Crippen LogP contribution in [0.2, 0.25) is 0 Å². The molecule has 0 bridgehead atoms. The molecule has 0 saturated carbocycles. The van der Waals surface area contributed by atoms with Crippen LogP contribution in [0.15, 0.2) is 24.3 Å². The number of likely N-dealkylation sites (N-methyl/N-ethyl adjacent to an activating group) is 1. The normalized spacial score (nSPS) is 21.5. The lowest BCUT2D eigenvalue weighted by atomic mass is 10.2. The quantitative estimate of drug-likeness (QED) is 0.784. The molecule has 0 aliphatic carbocycles. The van der Waals surface area contributed by atoms with Crippen LogP contribution in [-0.2, 0) is 9.53 Å². The molecule has 2 aliphatic rings. The molecule has 7 heteroatoms. The Balaban J connectivity index is 1.43. The Kier molecular flexibility index (Phi) is 6.60. The van der Waals surface area contributed by atoms with Crippen LogP contribution in [0, 0.1) is 0 Å². The van der Waals surface area contributed by atoms with E-state index in [9.17, 15) is 9.59 Å². The van der Waals surface area contributed by atoms with Crippen LogP contribution >= 0.6 is 0 Å². The molecule has 2 saturated heterocycles. The molecule has 0 aromatic heterocycles. The second-order valence-electron chi connectivity index (χ2n) is 7.05. The molecule has 2 heterocycles. The summed E-state index contributed by atoms with van der Waals surface area (Å²) >= 11 is 0. The third kappa shape index (κ3) is 5.52. The monoisotopic (exact) mass is 360 g/mol. The van der Waals surface area contributed by atoms with Crippen LogP contribution in [0.3, 0.4) is 0 Å². The summed E-state index contributed by atoms with van der Waals surface area (Å²) in [6.07, 6.45) is 2.19. The molecule has 142 valence electrons. The first kappa shape index (κ1) is 18.8. The van der Waals surface area contributed by atoms with Gasteiger partial charge in [-0.15, -0.1) is 0 Å². The second kappa shape index (κ2) is 9.12. The molecule has 2 fully saturated rings. The number of nitrogens with zero attached hydrogens (tertiary/aromatic N) is 2. The van der Waals surface area contributed by atoms with Crippen molar-refractivity contribution >= 4 is 17.5 Å². The zero-order valence-electron chi connectivity index (χ0n) is 15.4. The predicted octanol–water partition coefficient (Wildman–Crippen LogP) is 0.781. The molecule has 1 atom stereocenters. The number of ether oxygens (including phenoxy) is 1. The minimum Gasteiger partial charge on any atom is -0.376 e. The van der Waals surface area contributed by atoms with Crippen LogP contribution in [0.4, 0.5) is 5.69 Å². The molecule has 26 heavy (non-hydrogen) atoms. The van der Waals surface area contributed by atoms with Crippen molar-refractivity contribution in [3.05, 3.63) is 29.8 Å². The summed E-state index contributed by atoms with van der Waals surface area (Å²) in [7, 11) is 2.09. The molecule has 2 N–H and O–H groups in total. The highest BCUT2D eigenvalue weighted by Crippen LogP contribution is 2.12. The average molecular weight is 360 g/mol. The van der Waals surface area contributed by atoms with Gasteiger partial charge in [0.2, 0.25) is 5.91 Å². The lowest BCUT2D eigenvalue weighted by Gasteiger charge is -2.31. The van der Waals surface area contributed by atoms with E-state index in [0.717, 1.165) is 45.6 Å². The molecule has 0 spiro atoms. The van der Waals surface area contributed by atoms with E-state index in [1.165, 1.54) is 0 Å². The molecular formula is C19H28N4O3. The van der Waals surface area contributed by atoms with Gasteiger partial charge in [-0.2, -0.15) is 0 Å². The predicted molar refractivity (Wildman–Crippen MR) is 100 cm³/mol. The van der Waals surface area contributed by atoms with Crippen molar-refractivity contribution in [2.24, 2.45) is 0 Å². The number of piperazine rings is 1. The van der Waals surface area contributed by atoms with Crippen molar-refractivity contribution < 1.29 is 14.3 Å². The van der Waals surface area contributed by atoms with E-state index in [0.29, 0.717) is 24.3 Å². The van der Waals surface area contributed by atoms with Crippen molar-refractivity contribution in [3.63, 3.8) is 0 Å². The van der Waals surface area contributed by atoms with E-state index in [1.807, 2.05) is 0 Å². The Morgan fingerprint density at radius 2 is 1.88 bits per heavy atom. The summed E-state index contributed by atoms with van der Waals surface area (Å²) < 4.78 is 5.50. The van der Waals surface area contributed by atoms with Gasteiger partial charge in [0.25, 0.3) is 5.91 Å². The first-order chi connectivity index (χ1) is 12.6. The molecule has 3 rings (SSSR count). The lowest BCUT2D eigenvalue weighted by Crippen LogP contribution is -2.47. The van der Waals surface area contributed by atoms with Gasteiger partial charge in [-0.25, -0.2) is 0 Å². The summed E-state index contributed by atoms with van der Waals surface area (Å²) in [5, 5.41) is 5.79. The maximum absolute atomic E-state index is 12.2. The molecular weight excluding hydrogens is 332 g/mol. The number of nitrogens with one attached hydrogen (secondary N) is 2. The largest absolute Gasteiger partial charge is 0.376 e. The van der Waals surface area contributed by atoms with Gasteiger partial charge in [-0.05, 0) is 44.2 Å². The van der Waals surface area contributed by atoms with Crippen LogP contribution in [-0.4, -0.2) is 80.6 Å². The van der Waals surface area contributed by atoms with E-state index >= 15 is 0 Å². The fourth-order valence-electron chi connectivity index (χ4n) is 3.23. The number of anilines is 1. The Hall–Kier alpha value is -1.96. The molecule has 2 aliphatic heterocycles. The summed E-state index contributed by atoms with van der Waals surface area (Å²) in [5.41, 5.74) is 1.29. The number of hydrogen-bond acceptors (Lipinski definition) is 5. The number of hydrogen-bond donors (Lipinski definition) is 2. The van der Waals surface area contributed by atoms with Crippen LogP contribution in [0.25, 0.3) is 0 Å². The zero-order chi connectivity index (χ0) is 18.4. The molecule has 1 aromatic rings. The minimum atomic E-state index is -0.115. The summed E-state index contributed by atoms with van der Waals surface area (Å²) in [4.78, 5) is 28.7. The third-order valence-corrected chi connectivity index (χ3v) is 4.91. The Bertz CT molecular complexity index is 606. The average Bonchev–Trinajstić information content (AvgIpc) is 3.16. The first-order valence-electron chi connectivity index (χ1n) is 9.31. The first-order valence-corrected chi connectivity index (χ1v) is 9.31. The van der Waals surface area contributed by atoms with E-state index in [2.05, 4.69) is 27.5 Å². The minimum absolute atomic E-state index is 0.0230. The Morgan fingerprint density at radius 3 is 2.54 bits per heavy atom. The highest BCUT2D eigenvalue weighted by Gasteiger charge is 2.18. The van der Waals surface area contributed by atoms with Gasteiger partial charge in [0.15, 0.2) is 0 Å². The van der Waals surface area contributed by atoms with Gasteiger partial charge >= 0.3 is 0 Å². The van der Waals surface area contributed by atoms with Gasteiger partial charge < -0.3 is 20.3 Å². The van der Waals surface area contributed by atoms with E-state index in [4.69, 9.17) is 4.74 Å². The van der Waals surface area contributed by atoms with Gasteiger partial charge in [0.1, 0.15) is 0 Å². The smallest absolute Gasteiger partial charge is 0.251 e. The van der Waals surface area contributed by atoms with E-state index in [-0.39, 0.29) is 17.9 Å². The number of carbonyl (C=O) groups excluding carboxylic acids is 2. The van der Waals surface area contributed by atoms with Gasteiger partial charge in [-0.1, -0.05) is 0 Å². The van der Waals surface area contributed by atoms with Gasteiger partial charge in [0, 0.05) is 50.6 Å². The third-order valence-electron chi connectivity index (χ3n) is 4.91. The maximum atomic E-state index is 12.2. The molecule has 0 radical (unpaired) electrons. The summed E-state index contributed by atoms with van der Waals surface area (Å²) in [5.74, 6) is -0.138. The fraction of sp³-hybridized carbons (Fsp3) is 0.579. The van der Waals surface area contributed by atoms with E-state index < -0.39 is 0 Å². The Labute approximate surface area is 154 Å². The molecule has 0 unspecified atom stereocenters. The lowest BCUT2D eigenvalue weighted by molar-refractivity contribution is -0.117. The summed E-state index contributed by atoms with van der Waals surface area (Å²) in [6.45, 7) is 5.52. The number of benzene rings is 1. The number of amides is 2. The van der Waals surface area contributed by atoms with Crippen molar-refractivity contribution in [3.8, 4) is 0 Å². The number of rotatable bonds is 6. The fourth-order valence-corrected chi connectivity index (χ4v) is 3.23. The van der Waals surface area contributed by atoms with Crippen molar-refractivity contribution in [2.45, 2.75) is 18.9 Å². The van der Waals surface area contributed by atoms with E-state index in [1.54, 1.807) is 24.3 Å². The van der Waals surface area contributed by atoms with Crippen molar-refractivity contribution in [2.75, 3.05) is 58.2 Å². The maximum Gasteiger partial charge on any atom is 0.251 e. The highest BCUT2D eigenvalue weighted by atomic mass is 16.5. The van der Waals surface area contributed by atoms with Crippen molar-refractivity contribution in [1.29, 1.82) is 0 Å². The molecule has 2 amide bonds. The van der Waals surface area contributed by atoms with Crippen LogP contribution in [0.5, 0.6) is 0 Å². The second-order valence-corrected chi connectivity index (χ2v) is 7.05. The van der Waals surface area contributed by atoms with Gasteiger partial charge in [0.05, 0.1) is 12.6 Å². The van der Waals surface area contributed by atoms with Crippen molar-refractivity contribution in [1.82, 2.24) is 15.1 Å². The SMILES string of the molecule is CN1CCN(CC(=O)Nc2ccc(C(=O)NC[C@@H]3CCCO3)cc2)CC1. The highest BCUT2D eigenvalue weighted by molar-refractivity contribution is 5.96. The van der Waals surface area contributed by atoms with Crippen LogP contribution < -0.4 is 10.6 Å². The van der Waals surface area contributed by atoms with Crippen LogP contribution in [0.1, 0.15) is 23.2 Å². The Morgan fingerprint density at radius 1 is 1.15 bits per heavy atom. The molecule has 1 aromatic carbocycles. The standard InChI is InChI=1S/C19H28N4O3/c1-22-8-10-23(11-9-22)14-18(24)21-16-6-4-15(5-7-16)19(25)20-13-17-3-2-12-26-17/h4-7,17H,2-3,8-14H2,1H3,(H,20,25)(H,21,24)/t17-/m0/s1. The number of carbonyl (C=O) groups is 2. The topological polar surface area (TPSA) is 73.9 Å². The van der Waals surface area contributed by atoms with Gasteiger partial charge in [-0.3, -0.25) is 14.5 Å².